The van der Waals surface area contributed by atoms with Crippen LogP contribution < -0.4 is 10.2 Å². The van der Waals surface area contributed by atoms with Crippen LogP contribution in [-0.2, 0) is 6.42 Å². The van der Waals surface area contributed by atoms with Crippen LogP contribution in [0, 0.1) is 0 Å². The quantitative estimate of drug-likeness (QED) is 0.661. The van der Waals surface area contributed by atoms with Gasteiger partial charge in [0.2, 0.25) is 5.95 Å². The number of hydrogen-bond donors (Lipinski definition) is 2. The van der Waals surface area contributed by atoms with E-state index < -0.39 is 0 Å². The highest BCUT2D eigenvalue weighted by Crippen LogP contribution is 2.19. The number of nitrogens with one attached hydrogen (secondary N) is 2. The Morgan fingerprint density at radius 1 is 1.08 bits per heavy atom. The zero-order chi connectivity index (χ0) is 17.6. The Bertz CT molecular complexity index is 810. The molecule has 0 saturated heterocycles. The third-order valence-electron chi connectivity index (χ3n) is 4.24. The summed E-state index contributed by atoms with van der Waals surface area (Å²) in [6.07, 6.45) is 4.85. The highest BCUT2D eigenvalue weighted by molar-refractivity contribution is 5.83. The van der Waals surface area contributed by atoms with Gasteiger partial charge >= 0.3 is 0 Å². The van der Waals surface area contributed by atoms with Crippen LogP contribution in [0.3, 0.4) is 0 Å². The Morgan fingerprint density at radius 3 is 2.76 bits per heavy atom. The van der Waals surface area contributed by atoms with E-state index in [0.29, 0.717) is 0 Å². The van der Waals surface area contributed by atoms with Crippen LogP contribution >= 0.6 is 0 Å². The first-order chi connectivity index (χ1) is 12.1. The van der Waals surface area contributed by atoms with Crippen molar-refractivity contribution in [3.8, 4) is 0 Å². The SMILES string of the molecule is CN(C)CCNc1ccnc(N(C)CCc2c[nH]c3ccccc23)n1. The van der Waals surface area contributed by atoms with Crippen LogP contribution in [0.5, 0.6) is 0 Å². The zero-order valence-electron chi connectivity index (χ0n) is 15.2. The van der Waals surface area contributed by atoms with E-state index in [0.717, 1.165) is 37.8 Å². The smallest absolute Gasteiger partial charge is 0.226 e. The fourth-order valence-corrected chi connectivity index (χ4v) is 2.76. The van der Waals surface area contributed by atoms with Gasteiger partial charge in [0.05, 0.1) is 0 Å². The number of aromatic amines is 1. The summed E-state index contributed by atoms with van der Waals surface area (Å²) in [5, 5.41) is 4.63. The van der Waals surface area contributed by atoms with E-state index in [-0.39, 0.29) is 0 Å². The Morgan fingerprint density at radius 2 is 1.92 bits per heavy atom. The molecule has 0 bridgehead atoms. The molecule has 132 valence electrons. The van der Waals surface area contributed by atoms with Gasteiger partial charge < -0.3 is 20.1 Å². The lowest BCUT2D eigenvalue weighted by Gasteiger charge is -2.18. The van der Waals surface area contributed by atoms with Gasteiger partial charge in [0, 0.05) is 50.0 Å². The molecule has 0 spiro atoms. The van der Waals surface area contributed by atoms with E-state index in [2.05, 4.69) is 74.6 Å². The van der Waals surface area contributed by atoms with Crippen molar-refractivity contribution in [1.82, 2.24) is 19.9 Å². The molecule has 0 aliphatic rings. The lowest BCUT2D eigenvalue weighted by Crippen LogP contribution is -2.24. The summed E-state index contributed by atoms with van der Waals surface area (Å²) in [6.45, 7) is 2.70. The second-order valence-corrected chi connectivity index (χ2v) is 6.50. The van der Waals surface area contributed by atoms with Gasteiger partial charge in [-0.1, -0.05) is 18.2 Å². The molecule has 6 nitrogen and oxygen atoms in total. The predicted octanol–water partition coefficient (Wildman–Crippen LogP) is 2.61. The molecule has 25 heavy (non-hydrogen) atoms. The minimum atomic E-state index is 0.745. The van der Waals surface area contributed by atoms with Crippen molar-refractivity contribution in [2.24, 2.45) is 0 Å². The maximum Gasteiger partial charge on any atom is 0.226 e. The molecule has 1 aromatic carbocycles. The third kappa shape index (κ3) is 4.48. The summed E-state index contributed by atoms with van der Waals surface area (Å²) in [4.78, 5) is 16.6. The fraction of sp³-hybridized carbons (Fsp3) is 0.368. The highest BCUT2D eigenvalue weighted by Gasteiger charge is 2.08. The molecular formula is C19H26N6. The van der Waals surface area contributed by atoms with Crippen LogP contribution in [0.25, 0.3) is 10.9 Å². The molecule has 0 aliphatic carbocycles. The number of benzene rings is 1. The molecule has 0 atom stereocenters. The number of rotatable bonds is 8. The third-order valence-corrected chi connectivity index (χ3v) is 4.24. The first-order valence-electron chi connectivity index (χ1n) is 8.61. The Hall–Kier alpha value is -2.60. The van der Waals surface area contributed by atoms with Crippen LogP contribution in [-0.4, -0.2) is 60.6 Å². The summed E-state index contributed by atoms with van der Waals surface area (Å²) in [6, 6.07) is 10.3. The van der Waals surface area contributed by atoms with E-state index in [1.165, 1.54) is 16.5 Å². The van der Waals surface area contributed by atoms with Crippen molar-refractivity contribution in [1.29, 1.82) is 0 Å². The number of H-pyrrole nitrogens is 1. The average molecular weight is 338 g/mol. The van der Waals surface area contributed by atoms with Gasteiger partial charge in [-0.25, -0.2) is 4.98 Å². The van der Waals surface area contributed by atoms with Crippen molar-refractivity contribution < 1.29 is 0 Å². The van der Waals surface area contributed by atoms with Crippen molar-refractivity contribution in [2.75, 3.05) is 51.0 Å². The molecule has 0 saturated carbocycles. The fourth-order valence-electron chi connectivity index (χ4n) is 2.76. The van der Waals surface area contributed by atoms with Gasteiger partial charge in [-0.15, -0.1) is 0 Å². The number of anilines is 2. The molecule has 3 rings (SSSR count). The molecule has 0 unspecified atom stereocenters. The lowest BCUT2D eigenvalue weighted by atomic mass is 10.1. The molecule has 3 aromatic rings. The maximum atomic E-state index is 4.61. The number of para-hydroxylation sites is 1. The van der Waals surface area contributed by atoms with E-state index in [1.54, 1.807) is 0 Å². The molecule has 2 aromatic heterocycles. The number of nitrogens with zero attached hydrogens (tertiary/aromatic N) is 4. The monoisotopic (exact) mass is 338 g/mol. The van der Waals surface area contributed by atoms with Gasteiger partial charge in [0.25, 0.3) is 0 Å². The minimum absolute atomic E-state index is 0.745. The normalized spacial score (nSPS) is 11.2. The first-order valence-corrected chi connectivity index (χ1v) is 8.61. The van der Waals surface area contributed by atoms with E-state index >= 15 is 0 Å². The largest absolute Gasteiger partial charge is 0.369 e. The number of likely N-dealkylation sites (N-methyl/N-ethyl adjacent to an activating group) is 2. The van der Waals surface area contributed by atoms with Crippen molar-refractivity contribution in [3.05, 3.63) is 48.3 Å². The molecule has 0 fully saturated rings. The summed E-state index contributed by atoms with van der Waals surface area (Å²) < 4.78 is 0. The molecule has 2 N–H and O–H groups in total. The van der Waals surface area contributed by atoms with E-state index in [9.17, 15) is 0 Å². The first kappa shape index (κ1) is 17.2. The van der Waals surface area contributed by atoms with Crippen LogP contribution in [0.1, 0.15) is 5.56 Å². The van der Waals surface area contributed by atoms with Crippen molar-refractivity contribution in [2.45, 2.75) is 6.42 Å². The minimum Gasteiger partial charge on any atom is -0.369 e. The van der Waals surface area contributed by atoms with Gasteiger partial charge in [-0.05, 0) is 38.2 Å². The van der Waals surface area contributed by atoms with E-state index in [1.807, 2.05) is 19.3 Å². The molecule has 0 radical (unpaired) electrons. The highest BCUT2D eigenvalue weighted by atomic mass is 15.2. The molecule has 0 amide bonds. The predicted molar refractivity (Wildman–Crippen MR) is 104 cm³/mol. The molecular weight excluding hydrogens is 312 g/mol. The summed E-state index contributed by atoms with van der Waals surface area (Å²) in [7, 11) is 6.16. The number of aromatic nitrogens is 3. The second-order valence-electron chi connectivity index (χ2n) is 6.50. The van der Waals surface area contributed by atoms with Gasteiger partial charge in [-0.2, -0.15) is 4.98 Å². The zero-order valence-corrected chi connectivity index (χ0v) is 15.2. The summed E-state index contributed by atoms with van der Waals surface area (Å²) in [5.41, 5.74) is 2.51. The van der Waals surface area contributed by atoms with Gasteiger partial charge in [0.1, 0.15) is 5.82 Å². The molecule has 6 heteroatoms. The van der Waals surface area contributed by atoms with Gasteiger partial charge in [-0.3, -0.25) is 0 Å². The summed E-state index contributed by atoms with van der Waals surface area (Å²) in [5.74, 6) is 1.61. The topological polar surface area (TPSA) is 60.1 Å². The maximum absolute atomic E-state index is 4.61. The molecule has 0 aliphatic heterocycles. The van der Waals surface area contributed by atoms with Crippen LogP contribution in [0.2, 0.25) is 0 Å². The lowest BCUT2D eigenvalue weighted by molar-refractivity contribution is 0.425. The standard InChI is InChI=1S/C19H26N6/c1-24(2)13-11-20-18-8-10-21-19(23-18)25(3)12-9-15-14-22-17-7-5-4-6-16(15)17/h4-8,10,14,22H,9,11-13H2,1-3H3,(H,20,21,23). The number of hydrogen-bond acceptors (Lipinski definition) is 5. The average Bonchev–Trinajstić information content (AvgIpc) is 3.03. The Kier molecular flexibility index (Phi) is 5.50. The number of fused-ring (bicyclic) bond motifs is 1. The second kappa shape index (κ2) is 7.98. The Labute approximate surface area is 148 Å². The van der Waals surface area contributed by atoms with E-state index in [4.69, 9.17) is 0 Å². The van der Waals surface area contributed by atoms with Crippen molar-refractivity contribution in [3.63, 3.8) is 0 Å². The van der Waals surface area contributed by atoms with Crippen LogP contribution in [0.15, 0.2) is 42.7 Å². The summed E-state index contributed by atoms with van der Waals surface area (Å²) >= 11 is 0. The van der Waals surface area contributed by atoms with Crippen LogP contribution in [0.4, 0.5) is 11.8 Å². The van der Waals surface area contributed by atoms with Gasteiger partial charge in [0.15, 0.2) is 0 Å². The molecule has 2 heterocycles. The Balaban J connectivity index is 1.60. The van der Waals surface area contributed by atoms with Crippen molar-refractivity contribution >= 4 is 22.7 Å².